The lowest BCUT2D eigenvalue weighted by molar-refractivity contribution is -0.295. The van der Waals surface area contributed by atoms with Gasteiger partial charge < -0.3 is 23.7 Å². The molecule has 2 rings (SSSR count). The fourth-order valence-corrected chi connectivity index (χ4v) is 8.16. The molecule has 0 aliphatic carbocycles. The second kappa shape index (κ2) is 18.5. The summed E-state index contributed by atoms with van der Waals surface area (Å²) in [5.74, 6) is -0.570. The summed E-state index contributed by atoms with van der Waals surface area (Å²) in [5.41, 5.74) is 0. The average molecular weight is 687 g/mol. The molecule has 6 nitrogen and oxygen atoms in total. The van der Waals surface area contributed by atoms with Crippen molar-refractivity contribution in [3.8, 4) is 0 Å². The van der Waals surface area contributed by atoms with E-state index in [0.29, 0.717) is 12.3 Å². The first-order valence-electron chi connectivity index (χ1n) is 18.4. The molecule has 2 aliphatic rings. The van der Waals surface area contributed by atoms with Crippen molar-refractivity contribution >= 4 is 14.3 Å². The Balaban J connectivity index is 2.51. The number of aliphatic hydroxyl groups is 1. The molecule has 0 aromatic rings. The highest BCUT2D eigenvalue weighted by molar-refractivity contribution is 6.74. The van der Waals surface area contributed by atoms with Crippen LogP contribution in [-0.4, -0.2) is 55.7 Å². The lowest BCUT2D eigenvalue weighted by Crippen LogP contribution is -2.48. The number of ether oxygens (including phenoxy) is 3. The number of allylic oxidation sites excluding steroid dienone is 4. The highest BCUT2D eigenvalue weighted by Gasteiger charge is 2.42. The number of hydrogen-bond donors (Lipinski definition) is 1. The van der Waals surface area contributed by atoms with Gasteiger partial charge in [0.1, 0.15) is 6.10 Å². The van der Waals surface area contributed by atoms with Crippen LogP contribution in [0.2, 0.25) is 18.1 Å². The summed E-state index contributed by atoms with van der Waals surface area (Å²) in [7, 11) is -2.14. The first kappa shape index (κ1) is 42.4. The molecule has 1 N–H and O–H groups in total. The SMILES string of the molecule is C=C/C=C\[C@H](C)[C@@H]1OC(=O)/C=C\C=C\[C@@H](C)[C@@H]2C[C@@H](/C=C\[C@H](C)[C@H](O)[C@@H](C)C[C@@H](C)CC[C@@H](O[Si](C)(C)C(C)(C)C)[C@@H]1C)OC(C)(C)O2. The van der Waals surface area contributed by atoms with Crippen LogP contribution in [0.3, 0.4) is 0 Å². The summed E-state index contributed by atoms with van der Waals surface area (Å²) in [6.07, 6.45) is 19.5. The lowest BCUT2D eigenvalue weighted by atomic mass is 9.82. The van der Waals surface area contributed by atoms with E-state index in [0.717, 1.165) is 19.3 Å². The van der Waals surface area contributed by atoms with Gasteiger partial charge in [-0.25, -0.2) is 4.79 Å². The molecule has 0 spiro atoms. The summed E-state index contributed by atoms with van der Waals surface area (Å²) < 4.78 is 26.0. The average Bonchev–Trinajstić information content (AvgIpc) is 2.98. The molecule has 0 radical (unpaired) electrons. The summed E-state index contributed by atoms with van der Waals surface area (Å²) in [4.78, 5) is 13.3. The van der Waals surface area contributed by atoms with Crippen LogP contribution in [0.1, 0.15) is 102 Å². The van der Waals surface area contributed by atoms with Gasteiger partial charge in [-0.1, -0.05) is 118 Å². The molecule has 2 heterocycles. The standard InChI is InChI=1S/C41H70O6Si/c1-15-16-19-31(5)39-33(7)35(47-48(13,14)40(8,9)10)25-22-28(2)26-32(6)38(43)30(4)23-24-34-27-36(46-41(11,12)45-34)29(3)20-17-18-21-37(42)44-39/h15-21,23-24,28-36,38-39,43H,1,22,25-27H2,2-14H3/b19-16-,20-17+,21-18-,24-23-/t28-,29+,30-,31-,32-,33-,34+,35+,36-,38-,39-/m0/s1. The van der Waals surface area contributed by atoms with Crippen molar-refractivity contribution in [2.45, 2.75) is 156 Å². The predicted molar refractivity (Wildman–Crippen MR) is 202 cm³/mol. The van der Waals surface area contributed by atoms with Gasteiger partial charge in [0.2, 0.25) is 0 Å². The van der Waals surface area contributed by atoms with Crippen LogP contribution >= 0.6 is 0 Å². The minimum Gasteiger partial charge on any atom is -0.458 e. The van der Waals surface area contributed by atoms with Crippen molar-refractivity contribution in [1.82, 2.24) is 0 Å². The molecular formula is C41H70O6Si. The zero-order valence-corrected chi connectivity index (χ0v) is 33.6. The van der Waals surface area contributed by atoms with Crippen LogP contribution < -0.4 is 0 Å². The summed E-state index contributed by atoms with van der Waals surface area (Å²) in [6.45, 7) is 32.0. The number of hydrogen-bond acceptors (Lipinski definition) is 6. The van der Waals surface area contributed by atoms with E-state index in [1.165, 1.54) is 6.08 Å². The second-order valence-corrected chi connectivity index (χ2v) is 21.6. The molecule has 7 heteroatoms. The van der Waals surface area contributed by atoms with E-state index in [4.69, 9.17) is 18.6 Å². The summed E-state index contributed by atoms with van der Waals surface area (Å²) in [5, 5.41) is 11.4. The second-order valence-electron chi connectivity index (χ2n) is 16.8. The number of cyclic esters (lactones) is 1. The van der Waals surface area contributed by atoms with Gasteiger partial charge in [-0.2, -0.15) is 0 Å². The number of aliphatic hydroxyl groups excluding tert-OH is 1. The Hall–Kier alpha value is -1.77. The van der Waals surface area contributed by atoms with E-state index in [1.807, 2.05) is 26.0 Å². The molecule has 11 atom stereocenters. The van der Waals surface area contributed by atoms with Crippen LogP contribution in [-0.2, 0) is 23.4 Å². The van der Waals surface area contributed by atoms with Crippen LogP contribution in [0.5, 0.6) is 0 Å². The molecule has 274 valence electrons. The third kappa shape index (κ3) is 13.2. The van der Waals surface area contributed by atoms with Crippen molar-refractivity contribution < 1.29 is 28.5 Å². The topological polar surface area (TPSA) is 74.2 Å². The third-order valence-corrected chi connectivity index (χ3v) is 15.3. The molecule has 0 aromatic heterocycles. The molecule has 1 fully saturated rings. The van der Waals surface area contributed by atoms with Crippen molar-refractivity contribution in [2.24, 2.45) is 35.5 Å². The van der Waals surface area contributed by atoms with E-state index < -0.39 is 20.2 Å². The molecule has 2 bridgehead atoms. The first-order chi connectivity index (χ1) is 22.2. The molecule has 48 heavy (non-hydrogen) atoms. The number of fused-ring (bicyclic) bond motifs is 2. The molecule has 0 unspecified atom stereocenters. The van der Waals surface area contributed by atoms with Crippen LogP contribution in [0.25, 0.3) is 0 Å². The number of carbonyl (C=O) groups excluding carboxylic acids is 1. The van der Waals surface area contributed by atoms with Crippen molar-refractivity contribution in [3.05, 3.63) is 61.3 Å². The van der Waals surface area contributed by atoms with Crippen molar-refractivity contribution in [3.63, 3.8) is 0 Å². The van der Waals surface area contributed by atoms with Gasteiger partial charge in [0.15, 0.2) is 14.1 Å². The number of carbonyl (C=O) groups is 1. The van der Waals surface area contributed by atoms with Gasteiger partial charge in [0.05, 0.1) is 24.4 Å². The molecular weight excluding hydrogens is 617 g/mol. The first-order valence-corrected chi connectivity index (χ1v) is 21.3. The largest absolute Gasteiger partial charge is 0.458 e. The minimum atomic E-state index is -2.14. The fraction of sp³-hybridized carbons (Fsp3) is 0.732. The van der Waals surface area contributed by atoms with Gasteiger partial charge >= 0.3 is 5.97 Å². The molecule has 0 amide bonds. The van der Waals surface area contributed by atoms with E-state index in [1.54, 1.807) is 12.2 Å². The Labute approximate surface area is 295 Å². The van der Waals surface area contributed by atoms with Crippen LogP contribution in [0.4, 0.5) is 0 Å². The molecule has 1 saturated heterocycles. The third-order valence-electron chi connectivity index (χ3n) is 10.8. The van der Waals surface area contributed by atoms with Gasteiger partial charge in [-0.3, -0.25) is 0 Å². The van der Waals surface area contributed by atoms with Gasteiger partial charge in [0.25, 0.3) is 0 Å². The molecule has 2 aliphatic heterocycles. The quantitative estimate of drug-likeness (QED) is 0.134. The highest BCUT2D eigenvalue weighted by Crippen LogP contribution is 2.40. The number of esters is 1. The van der Waals surface area contributed by atoms with Crippen molar-refractivity contribution in [2.75, 3.05) is 0 Å². The normalized spacial score (nSPS) is 37.8. The Morgan fingerprint density at radius 1 is 1.00 bits per heavy atom. The monoisotopic (exact) mass is 686 g/mol. The predicted octanol–water partition coefficient (Wildman–Crippen LogP) is 9.97. The fourth-order valence-electron chi connectivity index (χ4n) is 6.72. The van der Waals surface area contributed by atoms with Crippen LogP contribution in [0, 0.1) is 35.5 Å². The summed E-state index contributed by atoms with van der Waals surface area (Å²) >= 11 is 0. The number of rotatable bonds is 5. The van der Waals surface area contributed by atoms with Gasteiger partial charge in [0, 0.05) is 36.2 Å². The minimum absolute atomic E-state index is 0.00392. The smallest absolute Gasteiger partial charge is 0.331 e. The Morgan fingerprint density at radius 3 is 2.29 bits per heavy atom. The maximum Gasteiger partial charge on any atom is 0.331 e. The summed E-state index contributed by atoms with van der Waals surface area (Å²) in [6, 6.07) is 0. The van der Waals surface area contributed by atoms with E-state index >= 15 is 0 Å². The zero-order valence-electron chi connectivity index (χ0n) is 32.6. The zero-order chi connectivity index (χ0) is 36.4. The maximum atomic E-state index is 13.3. The van der Waals surface area contributed by atoms with Crippen molar-refractivity contribution in [1.29, 1.82) is 0 Å². The Morgan fingerprint density at radius 2 is 1.67 bits per heavy atom. The van der Waals surface area contributed by atoms with Crippen LogP contribution in [0.15, 0.2) is 61.3 Å². The van der Waals surface area contributed by atoms with E-state index in [-0.39, 0.29) is 65.0 Å². The van der Waals surface area contributed by atoms with Gasteiger partial charge in [-0.05, 0) is 63.1 Å². The van der Waals surface area contributed by atoms with Gasteiger partial charge in [-0.15, -0.1) is 0 Å². The molecule has 0 saturated carbocycles. The maximum absolute atomic E-state index is 13.3. The molecule has 0 aromatic carbocycles. The Kier molecular flexibility index (Phi) is 16.3. The lowest BCUT2D eigenvalue weighted by Gasteiger charge is -2.43. The van der Waals surface area contributed by atoms with E-state index in [2.05, 4.69) is 106 Å². The van der Waals surface area contributed by atoms with E-state index in [9.17, 15) is 9.90 Å². The highest BCUT2D eigenvalue weighted by atomic mass is 28.4. The Bertz CT molecular complexity index is 1130.